The molecule has 10 heteroatoms. The van der Waals surface area contributed by atoms with Gasteiger partial charge >= 0.3 is 0 Å². The number of benzene rings is 2. The smallest absolute Gasteiger partial charge is 0.188 e. The molecule has 0 aliphatic carbocycles. The average Bonchev–Trinajstić information content (AvgIpc) is 3.17. The predicted molar refractivity (Wildman–Crippen MR) is 111 cm³/mol. The molecule has 0 atom stereocenters. The second-order valence-corrected chi connectivity index (χ2v) is 8.94. The molecule has 0 aliphatic heterocycles. The summed E-state index contributed by atoms with van der Waals surface area (Å²) < 4.78 is 31.8. The van der Waals surface area contributed by atoms with Gasteiger partial charge in [0.1, 0.15) is 5.75 Å². The number of thiazole rings is 1. The number of ether oxygens (including phenoxy) is 1. The van der Waals surface area contributed by atoms with Crippen molar-refractivity contribution in [3.05, 3.63) is 36.5 Å². The van der Waals surface area contributed by atoms with E-state index in [0.717, 1.165) is 21.1 Å². The number of hydrogen-bond donors (Lipinski definition) is 1. The van der Waals surface area contributed by atoms with Crippen molar-refractivity contribution in [3.8, 4) is 5.75 Å². The Bertz CT molecular complexity index is 1250. The number of rotatable bonds is 4. The largest absolute Gasteiger partial charge is 0.495 e. The first-order chi connectivity index (χ1) is 12.4. The van der Waals surface area contributed by atoms with Crippen LogP contribution in [0.3, 0.4) is 0 Å². The molecule has 0 spiro atoms. The molecule has 142 valence electrons. The fourth-order valence-electron chi connectivity index (χ4n) is 2.80. The third kappa shape index (κ3) is 3.45. The van der Waals surface area contributed by atoms with E-state index in [4.69, 9.17) is 4.74 Å². The van der Waals surface area contributed by atoms with Gasteiger partial charge in [-0.3, -0.25) is 4.68 Å². The molecule has 0 saturated carbocycles. The van der Waals surface area contributed by atoms with Crippen LogP contribution in [0.2, 0.25) is 0 Å². The molecular formula is C17H17ClN4O3S2. The van der Waals surface area contributed by atoms with E-state index < -0.39 is 9.84 Å². The summed E-state index contributed by atoms with van der Waals surface area (Å²) in [6.07, 6.45) is 2.97. The summed E-state index contributed by atoms with van der Waals surface area (Å²) in [4.78, 5) is 4.88. The number of halogens is 1. The molecule has 0 aliphatic rings. The van der Waals surface area contributed by atoms with Gasteiger partial charge in [0.05, 0.1) is 39.6 Å². The van der Waals surface area contributed by atoms with Crippen LogP contribution in [0.1, 0.15) is 0 Å². The van der Waals surface area contributed by atoms with Gasteiger partial charge in [-0.1, -0.05) is 11.3 Å². The van der Waals surface area contributed by atoms with E-state index in [2.05, 4.69) is 15.4 Å². The van der Waals surface area contributed by atoms with Crippen molar-refractivity contribution in [2.45, 2.75) is 4.90 Å². The van der Waals surface area contributed by atoms with Crippen molar-refractivity contribution in [2.75, 3.05) is 18.7 Å². The van der Waals surface area contributed by atoms with Crippen molar-refractivity contribution >= 4 is 65.5 Å². The van der Waals surface area contributed by atoms with Crippen molar-refractivity contribution < 1.29 is 13.2 Å². The van der Waals surface area contributed by atoms with E-state index in [1.165, 1.54) is 30.8 Å². The second kappa shape index (κ2) is 6.99. The molecule has 1 N–H and O–H groups in total. The van der Waals surface area contributed by atoms with Gasteiger partial charge in [0.15, 0.2) is 15.0 Å². The zero-order chi connectivity index (χ0) is 18.5. The number of methoxy groups -OCH3 is 1. The lowest BCUT2D eigenvalue weighted by Gasteiger charge is -2.10. The normalized spacial score (nSPS) is 11.5. The van der Waals surface area contributed by atoms with E-state index in [1.54, 1.807) is 23.0 Å². The van der Waals surface area contributed by atoms with E-state index >= 15 is 0 Å². The van der Waals surface area contributed by atoms with Crippen LogP contribution in [-0.4, -0.2) is 36.5 Å². The molecule has 0 saturated heterocycles. The molecular weight excluding hydrogens is 408 g/mol. The number of hydrogen-bond acceptors (Lipinski definition) is 7. The highest BCUT2D eigenvalue weighted by Crippen LogP contribution is 2.36. The highest BCUT2D eigenvalue weighted by Gasteiger charge is 2.14. The van der Waals surface area contributed by atoms with Crippen molar-refractivity contribution in [1.29, 1.82) is 0 Å². The molecule has 2 heterocycles. The third-order valence-corrected chi connectivity index (χ3v) is 6.17. The highest BCUT2D eigenvalue weighted by molar-refractivity contribution is 7.90. The summed E-state index contributed by atoms with van der Waals surface area (Å²) in [5.74, 6) is 0.545. The van der Waals surface area contributed by atoms with Crippen LogP contribution in [0.25, 0.3) is 21.1 Å². The molecule has 4 rings (SSSR count). The van der Waals surface area contributed by atoms with Gasteiger partial charge in [0.2, 0.25) is 0 Å². The van der Waals surface area contributed by atoms with E-state index in [1.807, 2.05) is 19.2 Å². The van der Waals surface area contributed by atoms with E-state index in [9.17, 15) is 8.42 Å². The molecule has 2 aromatic carbocycles. The number of aromatic nitrogens is 3. The van der Waals surface area contributed by atoms with Gasteiger partial charge < -0.3 is 10.1 Å². The first-order valence-electron chi connectivity index (χ1n) is 7.73. The fraction of sp³-hybridized carbons (Fsp3) is 0.176. The van der Waals surface area contributed by atoms with Crippen LogP contribution in [0.15, 0.2) is 41.4 Å². The molecule has 0 radical (unpaired) electrons. The first-order valence-corrected chi connectivity index (χ1v) is 10.4. The zero-order valence-corrected chi connectivity index (χ0v) is 17.2. The van der Waals surface area contributed by atoms with Crippen LogP contribution in [0.5, 0.6) is 5.75 Å². The third-order valence-electron chi connectivity index (χ3n) is 4.13. The zero-order valence-electron chi connectivity index (χ0n) is 14.8. The fourth-order valence-corrected chi connectivity index (χ4v) is 4.35. The van der Waals surface area contributed by atoms with Gasteiger partial charge in [-0.15, -0.1) is 12.4 Å². The maximum atomic E-state index is 11.8. The molecule has 7 nitrogen and oxygen atoms in total. The summed E-state index contributed by atoms with van der Waals surface area (Å²) in [6, 6.07) is 8.73. The summed E-state index contributed by atoms with van der Waals surface area (Å²) >= 11 is 1.48. The van der Waals surface area contributed by atoms with Crippen molar-refractivity contribution in [1.82, 2.24) is 14.8 Å². The van der Waals surface area contributed by atoms with Gasteiger partial charge in [0, 0.05) is 18.7 Å². The van der Waals surface area contributed by atoms with Crippen molar-refractivity contribution in [2.24, 2.45) is 7.05 Å². The number of fused-ring (bicyclic) bond motifs is 3. The van der Waals surface area contributed by atoms with E-state index in [0.29, 0.717) is 16.6 Å². The van der Waals surface area contributed by atoms with E-state index in [-0.39, 0.29) is 17.3 Å². The molecule has 0 bridgehead atoms. The second-order valence-electron chi connectivity index (χ2n) is 5.89. The number of aryl methyl sites for hydroxylation is 1. The van der Waals surface area contributed by atoms with Gasteiger partial charge in [-0.05, 0) is 30.3 Å². The van der Waals surface area contributed by atoms with Gasteiger partial charge in [-0.2, -0.15) is 5.10 Å². The van der Waals surface area contributed by atoms with Crippen LogP contribution in [-0.2, 0) is 16.9 Å². The Morgan fingerprint density at radius 3 is 2.70 bits per heavy atom. The Hall–Kier alpha value is -2.36. The Balaban J connectivity index is 0.00000210. The Kier molecular flexibility index (Phi) is 5.02. The monoisotopic (exact) mass is 424 g/mol. The Labute approximate surface area is 166 Å². The molecule has 27 heavy (non-hydrogen) atoms. The minimum Gasteiger partial charge on any atom is -0.495 e. The molecule has 0 fully saturated rings. The number of nitrogens with zero attached hydrogens (tertiary/aromatic N) is 3. The number of nitrogens with one attached hydrogen (secondary N) is 1. The Morgan fingerprint density at radius 1 is 1.22 bits per heavy atom. The average molecular weight is 425 g/mol. The molecule has 4 aromatic rings. The highest BCUT2D eigenvalue weighted by atomic mass is 35.5. The minimum absolute atomic E-state index is 0. The quantitative estimate of drug-likeness (QED) is 0.536. The van der Waals surface area contributed by atoms with Crippen molar-refractivity contribution in [3.63, 3.8) is 0 Å². The number of sulfone groups is 1. The van der Waals surface area contributed by atoms with Gasteiger partial charge in [-0.25, -0.2) is 13.4 Å². The first kappa shape index (κ1) is 19.4. The SMILES string of the molecule is COc1ccc(S(C)(=O)=O)cc1Nc1nc2c(ccc3c2cnn3C)s1.Cl. The lowest BCUT2D eigenvalue weighted by atomic mass is 10.2. The summed E-state index contributed by atoms with van der Waals surface area (Å²) in [7, 11) is 0.113. The molecule has 2 aromatic heterocycles. The standard InChI is InChI=1S/C17H16N4O3S2.ClH/c1-21-13-5-7-15-16(11(13)9-18-21)20-17(25-15)19-12-8-10(26(3,22)23)4-6-14(12)24-2;/h4-9H,1-3H3,(H,19,20);1H. The van der Waals surface area contributed by atoms with Crippen LogP contribution in [0, 0.1) is 0 Å². The molecule has 0 amide bonds. The summed E-state index contributed by atoms with van der Waals surface area (Å²) in [6.45, 7) is 0. The minimum atomic E-state index is -3.32. The summed E-state index contributed by atoms with van der Waals surface area (Å²) in [5, 5.41) is 9.10. The predicted octanol–water partition coefficient (Wildman–Crippen LogP) is 3.76. The maximum Gasteiger partial charge on any atom is 0.188 e. The van der Waals surface area contributed by atoms with Gasteiger partial charge in [0.25, 0.3) is 0 Å². The summed E-state index contributed by atoms with van der Waals surface area (Å²) in [5.41, 5.74) is 2.42. The van der Waals surface area contributed by atoms with Crippen LogP contribution < -0.4 is 10.1 Å². The van der Waals surface area contributed by atoms with Crippen LogP contribution >= 0.6 is 23.7 Å². The number of anilines is 2. The lowest BCUT2D eigenvalue weighted by Crippen LogP contribution is -2.00. The Morgan fingerprint density at radius 2 is 2.00 bits per heavy atom. The molecule has 0 unspecified atom stereocenters. The van der Waals surface area contributed by atoms with Crippen LogP contribution in [0.4, 0.5) is 10.8 Å². The topological polar surface area (TPSA) is 86.1 Å². The lowest BCUT2D eigenvalue weighted by molar-refractivity contribution is 0.416. The maximum absolute atomic E-state index is 11.8.